The van der Waals surface area contributed by atoms with Gasteiger partial charge in [0, 0.05) is 23.7 Å². The summed E-state index contributed by atoms with van der Waals surface area (Å²) < 4.78 is 28.5. The minimum Gasteiger partial charge on any atom is -0.309 e. The van der Waals surface area contributed by atoms with Gasteiger partial charge in [-0.05, 0) is 32.0 Å². The van der Waals surface area contributed by atoms with E-state index >= 15 is 0 Å². The molecule has 140 valence electrons. The quantitative estimate of drug-likeness (QED) is 0.695. The summed E-state index contributed by atoms with van der Waals surface area (Å²) in [6.45, 7) is 3.52. The number of anilines is 1. The van der Waals surface area contributed by atoms with Gasteiger partial charge in [0.25, 0.3) is 0 Å². The molecule has 0 unspecified atom stereocenters. The molecule has 0 aliphatic rings. The summed E-state index contributed by atoms with van der Waals surface area (Å²) in [6.07, 6.45) is 0. The molecule has 1 amide bonds. The van der Waals surface area contributed by atoms with Crippen molar-refractivity contribution < 1.29 is 13.6 Å². The number of hydrogen-bond acceptors (Lipinski definition) is 3. The Kier molecular flexibility index (Phi) is 5.61. The third-order valence-corrected chi connectivity index (χ3v) is 4.10. The van der Waals surface area contributed by atoms with Crippen LogP contribution in [-0.4, -0.2) is 22.2 Å². The molecule has 2 aromatic carbocycles. The third-order valence-electron chi connectivity index (χ3n) is 4.10. The first-order valence-corrected chi connectivity index (χ1v) is 8.54. The SMILES string of the molecule is Cc1cc(NC(=O)CN[C@@H](C)c2ccc(F)cc2F)n(-c2ccccc2)n1. The van der Waals surface area contributed by atoms with E-state index in [0.717, 1.165) is 17.4 Å². The summed E-state index contributed by atoms with van der Waals surface area (Å²) >= 11 is 0. The van der Waals surface area contributed by atoms with Gasteiger partial charge in [0.05, 0.1) is 17.9 Å². The van der Waals surface area contributed by atoms with Gasteiger partial charge in [0.15, 0.2) is 0 Å². The summed E-state index contributed by atoms with van der Waals surface area (Å²) in [5.74, 6) is -1.02. The fourth-order valence-electron chi connectivity index (χ4n) is 2.75. The van der Waals surface area contributed by atoms with Crippen LogP contribution in [-0.2, 0) is 4.79 Å². The van der Waals surface area contributed by atoms with E-state index in [-0.39, 0.29) is 12.5 Å². The Morgan fingerprint density at radius 1 is 1.15 bits per heavy atom. The Morgan fingerprint density at radius 3 is 2.59 bits per heavy atom. The normalized spacial score (nSPS) is 12.0. The lowest BCUT2D eigenvalue weighted by Gasteiger charge is -2.15. The maximum absolute atomic E-state index is 13.8. The molecule has 0 saturated heterocycles. The van der Waals surface area contributed by atoms with Gasteiger partial charge in [-0.15, -0.1) is 0 Å². The Hall–Kier alpha value is -3.06. The predicted molar refractivity (Wildman–Crippen MR) is 99.7 cm³/mol. The molecule has 5 nitrogen and oxygen atoms in total. The van der Waals surface area contributed by atoms with Gasteiger partial charge < -0.3 is 10.6 Å². The van der Waals surface area contributed by atoms with Crippen LogP contribution in [0.25, 0.3) is 5.69 Å². The van der Waals surface area contributed by atoms with Crippen molar-refractivity contribution in [2.75, 3.05) is 11.9 Å². The van der Waals surface area contributed by atoms with E-state index < -0.39 is 17.7 Å². The van der Waals surface area contributed by atoms with Crippen LogP contribution in [0.5, 0.6) is 0 Å². The molecule has 1 heterocycles. The Balaban J connectivity index is 1.65. The second kappa shape index (κ2) is 8.09. The zero-order chi connectivity index (χ0) is 19.4. The minimum absolute atomic E-state index is 0.0308. The summed E-state index contributed by atoms with van der Waals surface area (Å²) in [6, 6.07) is 14.2. The number of nitrogens with one attached hydrogen (secondary N) is 2. The van der Waals surface area contributed by atoms with E-state index in [1.165, 1.54) is 12.1 Å². The van der Waals surface area contributed by atoms with Crippen molar-refractivity contribution in [1.82, 2.24) is 15.1 Å². The van der Waals surface area contributed by atoms with Gasteiger partial charge >= 0.3 is 0 Å². The zero-order valence-electron chi connectivity index (χ0n) is 15.0. The van der Waals surface area contributed by atoms with E-state index in [2.05, 4.69) is 15.7 Å². The van der Waals surface area contributed by atoms with Crippen LogP contribution in [0.15, 0.2) is 54.6 Å². The highest BCUT2D eigenvalue weighted by atomic mass is 19.1. The maximum Gasteiger partial charge on any atom is 0.239 e. The van der Waals surface area contributed by atoms with Crippen LogP contribution in [0.3, 0.4) is 0 Å². The standard InChI is InChI=1S/C20H20F2N4O/c1-13-10-19(26(25-13)16-6-4-3-5-7-16)24-20(27)12-23-14(2)17-9-8-15(21)11-18(17)22/h3-11,14,23H,12H2,1-2H3,(H,24,27)/t14-/m0/s1. The number of amides is 1. The van der Waals surface area contributed by atoms with Gasteiger partial charge in [-0.2, -0.15) is 5.10 Å². The minimum atomic E-state index is -0.645. The lowest BCUT2D eigenvalue weighted by molar-refractivity contribution is -0.115. The van der Waals surface area contributed by atoms with Crippen LogP contribution >= 0.6 is 0 Å². The van der Waals surface area contributed by atoms with Crippen molar-refractivity contribution in [2.24, 2.45) is 0 Å². The second-order valence-corrected chi connectivity index (χ2v) is 6.23. The number of carbonyl (C=O) groups excluding carboxylic acids is 1. The molecule has 0 fully saturated rings. The average molecular weight is 370 g/mol. The van der Waals surface area contributed by atoms with E-state index in [1.54, 1.807) is 17.7 Å². The molecule has 0 radical (unpaired) electrons. The van der Waals surface area contributed by atoms with Crippen molar-refractivity contribution >= 4 is 11.7 Å². The van der Waals surface area contributed by atoms with Crippen LogP contribution in [0.4, 0.5) is 14.6 Å². The number of halogens is 2. The van der Waals surface area contributed by atoms with E-state index in [4.69, 9.17) is 0 Å². The van der Waals surface area contributed by atoms with E-state index in [1.807, 2.05) is 37.3 Å². The molecule has 0 aliphatic carbocycles. The van der Waals surface area contributed by atoms with E-state index in [0.29, 0.717) is 11.4 Å². The number of para-hydroxylation sites is 1. The summed E-state index contributed by atoms with van der Waals surface area (Å²) in [5, 5.41) is 10.1. The molecule has 0 aliphatic heterocycles. The molecule has 27 heavy (non-hydrogen) atoms. The van der Waals surface area contributed by atoms with Gasteiger partial charge in [0.2, 0.25) is 5.91 Å². The first-order valence-electron chi connectivity index (χ1n) is 8.54. The smallest absolute Gasteiger partial charge is 0.239 e. The van der Waals surface area contributed by atoms with Crippen LogP contribution in [0, 0.1) is 18.6 Å². The first kappa shape index (κ1) is 18.7. The molecule has 1 atom stereocenters. The molecule has 3 aromatic rings. The first-order chi connectivity index (χ1) is 12.9. The molecule has 3 rings (SSSR count). The largest absolute Gasteiger partial charge is 0.309 e. The lowest BCUT2D eigenvalue weighted by Crippen LogP contribution is -2.31. The highest BCUT2D eigenvalue weighted by Crippen LogP contribution is 2.18. The highest BCUT2D eigenvalue weighted by molar-refractivity contribution is 5.91. The van der Waals surface area contributed by atoms with Crippen molar-refractivity contribution in [3.63, 3.8) is 0 Å². The topological polar surface area (TPSA) is 59.0 Å². The number of nitrogens with zero attached hydrogens (tertiary/aromatic N) is 2. The molecular formula is C20H20F2N4O. The van der Waals surface area contributed by atoms with Crippen molar-refractivity contribution in [3.05, 3.63) is 77.5 Å². The summed E-state index contributed by atoms with van der Waals surface area (Å²) in [7, 11) is 0. The number of benzene rings is 2. The Labute approximate surface area is 156 Å². The number of rotatable bonds is 6. The maximum atomic E-state index is 13.8. The van der Waals surface area contributed by atoms with Crippen LogP contribution < -0.4 is 10.6 Å². The average Bonchev–Trinajstić information content (AvgIpc) is 3.00. The van der Waals surface area contributed by atoms with Gasteiger partial charge in [-0.1, -0.05) is 24.3 Å². The molecule has 2 N–H and O–H groups in total. The fraction of sp³-hybridized carbons (Fsp3) is 0.200. The van der Waals surface area contributed by atoms with Crippen molar-refractivity contribution in [2.45, 2.75) is 19.9 Å². The fourth-order valence-corrected chi connectivity index (χ4v) is 2.75. The van der Waals surface area contributed by atoms with E-state index in [9.17, 15) is 13.6 Å². The highest BCUT2D eigenvalue weighted by Gasteiger charge is 2.14. The number of aromatic nitrogens is 2. The molecular weight excluding hydrogens is 350 g/mol. The molecule has 1 aromatic heterocycles. The Bertz CT molecular complexity index is 940. The molecule has 7 heteroatoms. The van der Waals surface area contributed by atoms with Crippen molar-refractivity contribution in [3.8, 4) is 5.69 Å². The Morgan fingerprint density at radius 2 is 1.89 bits per heavy atom. The number of hydrogen-bond donors (Lipinski definition) is 2. The zero-order valence-corrected chi connectivity index (χ0v) is 15.0. The van der Waals surface area contributed by atoms with Crippen LogP contribution in [0.2, 0.25) is 0 Å². The van der Waals surface area contributed by atoms with Gasteiger partial charge in [0.1, 0.15) is 17.5 Å². The summed E-state index contributed by atoms with van der Waals surface area (Å²) in [4.78, 5) is 12.3. The molecule has 0 saturated carbocycles. The summed E-state index contributed by atoms with van der Waals surface area (Å²) in [5.41, 5.74) is 1.90. The van der Waals surface area contributed by atoms with Crippen molar-refractivity contribution in [1.29, 1.82) is 0 Å². The van der Waals surface area contributed by atoms with Gasteiger partial charge in [-0.25, -0.2) is 13.5 Å². The second-order valence-electron chi connectivity index (χ2n) is 6.23. The lowest BCUT2D eigenvalue weighted by atomic mass is 10.1. The third kappa shape index (κ3) is 4.57. The van der Waals surface area contributed by atoms with Gasteiger partial charge in [-0.3, -0.25) is 4.79 Å². The number of aryl methyl sites for hydroxylation is 1. The number of carbonyl (C=O) groups is 1. The predicted octanol–water partition coefficient (Wildman–Crippen LogP) is 3.75. The molecule has 0 bridgehead atoms. The monoisotopic (exact) mass is 370 g/mol. The molecule has 0 spiro atoms. The van der Waals surface area contributed by atoms with Crippen LogP contribution in [0.1, 0.15) is 24.2 Å².